The molecule has 0 aliphatic carbocycles. The van der Waals surface area contributed by atoms with Gasteiger partial charge >= 0.3 is 0 Å². The Morgan fingerprint density at radius 1 is 1.57 bits per heavy atom. The van der Waals surface area contributed by atoms with E-state index < -0.39 is 0 Å². The van der Waals surface area contributed by atoms with Crippen LogP contribution in [-0.2, 0) is 0 Å². The zero-order valence-corrected chi connectivity index (χ0v) is 10.6. The third kappa shape index (κ3) is 4.20. The summed E-state index contributed by atoms with van der Waals surface area (Å²) in [6.07, 6.45) is 4.82. The van der Waals surface area contributed by atoms with Crippen LogP contribution < -0.4 is 5.32 Å². The summed E-state index contributed by atoms with van der Waals surface area (Å²) in [6.45, 7) is 8.34. The average Bonchev–Trinajstić information content (AvgIpc) is 2.39. The Hall–Kier alpha value is 0.270. The SMILES string of the molecule is CSCCC(C)N1CCCNC(C)C1. The third-order valence-corrected chi connectivity index (χ3v) is 3.63. The number of nitrogens with zero attached hydrogens (tertiary/aromatic N) is 1. The summed E-state index contributed by atoms with van der Waals surface area (Å²) in [5.74, 6) is 1.29. The van der Waals surface area contributed by atoms with Crippen LogP contribution in [-0.4, -0.2) is 48.6 Å². The lowest BCUT2D eigenvalue weighted by atomic mass is 10.2. The highest BCUT2D eigenvalue weighted by Crippen LogP contribution is 2.10. The van der Waals surface area contributed by atoms with Crippen molar-refractivity contribution < 1.29 is 0 Å². The van der Waals surface area contributed by atoms with E-state index in [1.165, 1.54) is 38.2 Å². The zero-order valence-electron chi connectivity index (χ0n) is 9.75. The number of rotatable bonds is 4. The van der Waals surface area contributed by atoms with Crippen molar-refractivity contribution in [2.24, 2.45) is 0 Å². The molecule has 14 heavy (non-hydrogen) atoms. The topological polar surface area (TPSA) is 15.3 Å². The van der Waals surface area contributed by atoms with Crippen LogP contribution in [0, 0.1) is 0 Å². The van der Waals surface area contributed by atoms with Crippen LogP contribution >= 0.6 is 11.8 Å². The Morgan fingerprint density at radius 2 is 2.36 bits per heavy atom. The molecule has 0 aromatic heterocycles. The van der Waals surface area contributed by atoms with Crippen LogP contribution in [0.5, 0.6) is 0 Å². The van der Waals surface area contributed by atoms with Gasteiger partial charge in [-0.05, 0) is 51.8 Å². The molecule has 0 spiro atoms. The van der Waals surface area contributed by atoms with Crippen LogP contribution in [0.1, 0.15) is 26.7 Å². The first-order valence-electron chi connectivity index (χ1n) is 5.70. The number of hydrogen-bond acceptors (Lipinski definition) is 3. The van der Waals surface area contributed by atoms with Crippen molar-refractivity contribution in [1.29, 1.82) is 0 Å². The van der Waals surface area contributed by atoms with E-state index in [1.54, 1.807) is 0 Å². The van der Waals surface area contributed by atoms with Crippen LogP contribution in [0.25, 0.3) is 0 Å². The molecule has 3 heteroatoms. The molecule has 1 aliphatic heterocycles. The average molecular weight is 216 g/mol. The predicted molar refractivity (Wildman–Crippen MR) is 66.1 cm³/mol. The molecule has 1 fully saturated rings. The maximum atomic E-state index is 3.54. The number of thioether (sulfide) groups is 1. The molecule has 2 unspecified atom stereocenters. The third-order valence-electron chi connectivity index (χ3n) is 2.99. The Kier molecular flexibility index (Phi) is 5.90. The van der Waals surface area contributed by atoms with Gasteiger partial charge in [-0.3, -0.25) is 4.90 Å². The standard InChI is InChI=1S/C11H24N2S/c1-10-9-13(7-4-6-12-10)11(2)5-8-14-3/h10-12H,4-9H2,1-3H3. The van der Waals surface area contributed by atoms with Gasteiger partial charge in [0.05, 0.1) is 0 Å². The summed E-state index contributed by atoms with van der Waals surface area (Å²) >= 11 is 1.96. The van der Waals surface area contributed by atoms with Crippen molar-refractivity contribution in [1.82, 2.24) is 10.2 Å². The van der Waals surface area contributed by atoms with Gasteiger partial charge in [0.15, 0.2) is 0 Å². The Morgan fingerprint density at radius 3 is 3.07 bits per heavy atom. The molecule has 0 aromatic rings. The van der Waals surface area contributed by atoms with E-state index in [-0.39, 0.29) is 0 Å². The normalized spacial score (nSPS) is 27.2. The summed E-state index contributed by atoms with van der Waals surface area (Å²) in [5, 5.41) is 3.54. The lowest BCUT2D eigenvalue weighted by Crippen LogP contribution is -2.40. The minimum atomic E-state index is 0.661. The molecule has 0 saturated carbocycles. The summed E-state index contributed by atoms with van der Waals surface area (Å²) in [4.78, 5) is 2.64. The largest absolute Gasteiger partial charge is 0.313 e. The molecule has 1 aliphatic rings. The second-order valence-electron chi connectivity index (χ2n) is 4.33. The van der Waals surface area contributed by atoms with E-state index in [0.717, 1.165) is 6.04 Å². The quantitative estimate of drug-likeness (QED) is 0.771. The number of nitrogens with one attached hydrogen (secondary N) is 1. The number of hydrogen-bond donors (Lipinski definition) is 1. The zero-order chi connectivity index (χ0) is 10.4. The monoisotopic (exact) mass is 216 g/mol. The lowest BCUT2D eigenvalue weighted by molar-refractivity contribution is 0.205. The van der Waals surface area contributed by atoms with E-state index in [2.05, 4.69) is 30.3 Å². The lowest BCUT2D eigenvalue weighted by Gasteiger charge is -2.28. The van der Waals surface area contributed by atoms with Crippen LogP contribution in [0.4, 0.5) is 0 Å². The molecule has 1 rings (SSSR count). The predicted octanol–water partition coefficient (Wildman–Crippen LogP) is 1.81. The van der Waals surface area contributed by atoms with Gasteiger partial charge in [-0.15, -0.1) is 0 Å². The first-order chi connectivity index (χ1) is 6.74. The molecule has 84 valence electrons. The molecule has 0 amide bonds. The fourth-order valence-corrected chi connectivity index (χ4v) is 2.59. The van der Waals surface area contributed by atoms with Gasteiger partial charge in [0.1, 0.15) is 0 Å². The second kappa shape index (κ2) is 6.70. The van der Waals surface area contributed by atoms with Gasteiger partial charge in [-0.1, -0.05) is 0 Å². The van der Waals surface area contributed by atoms with Crippen molar-refractivity contribution in [3.8, 4) is 0 Å². The summed E-state index contributed by atoms with van der Waals surface area (Å²) in [7, 11) is 0. The molecular weight excluding hydrogens is 192 g/mol. The van der Waals surface area contributed by atoms with E-state index in [0.29, 0.717) is 6.04 Å². The van der Waals surface area contributed by atoms with Gasteiger partial charge < -0.3 is 5.32 Å². The molecule has 0 bridgehead atoms. The summed E-state index contributed by atoms with van der Waals surface area (Å²) in [6, 6.07) is 1.42. The molecule has 0 aromatic carbocycles. The van der Waals surface area contributed by atoms with Gasteiger partial charge in [0.25, 0.3) is 0 Å². The molecule has 1 saturated heterocycles. The van der Waals surface area contributed by atoms with Gasteiger partial charge in [0, 0.05) is 18.6 Å². The minimum Gasteiger partial charge on any atom is -0.313 e. The second-order valence-corrected chi connectivity index (χ2v) is 5.32. The molecular formula is C11H24N2S. The van der Waals surface area contributed by atoms with Crippen LogP contribution in [0.2, 0.25) is 0 Å². The Balaban J connectivity index is 2.32. The fraction of sp³-hybridized carbons (Fsp3) is 1.00. The highest BCUT2D eigenvalue weighted by atomic mass is 32.2. The molecule has 1 N–H and O–H groups in total. The van der Waals surface area contributed by atoms with Crippen LogP contribution in [0.15, 0.2) is 0 Å². The summed E-state index contributed by atoms with van der Waals surface area (Å²) in [5.41, 5.74) is 0. The maximum Gasteiger partial charge on any atom is 0.0166 e. The first kappa shape index (κ1) is 12.3. The van der Waals surface area contributed by atoms with Crippen molar-refractivity contribution in [2.45, 2.75) is 38.8 Å². The molecule has 2 nitrogen and oxygen atoms in total. The van der Waals surface area contributed by atoms with Crippen molar-refractivity contribution in [3.05, 3.63) is 0 Å². The van der Waals surface area contributed by atoms with Crippen LogP contribution in [0.3, 0.4) is 0 Å². The molecule has 0 radical (unpaired) electrons. The maximum absolute atomic E-state index is 3.54. The Labute approximate surface area is 92.8 Å². The van der Waals surface area contributed by atoms with Crippen molar-refractivity contribution in [3.63, 3.8) is 0 Å². The van der Waals surface area contributed by atoms with Gasteiger partial charge in [0.2, 0.25) is 0 Å². The van der Waals surface area contributed by atoms with Gasteiger partial charge in [-0.25, -0.2) is 0 Å². The van der Waals surface area contributed by atoms with E-state index in [4.69, 9.17) is 0 Å². The van der Waals surface area contributed by atoms with E-state index >= 15 is 0 Å². The van der Waals surface area contributed by atoms with E-state index in [1.807, 2.05) is 11.8 Å². The summed E-state index contributed by atoms with van der Waals surface area (Å²) < 4.78 is 0. The highest BCUT2D eigenvalue weighted by Gasteiger charge is 2.18. The molecule has 2 atom stereocenters. The van der Waals surface area contributed by atoms with Crippen molar-refractivity contribution in [2.75, 3.05) is 31.6 Å². The first-order valence-corrected chi connectivity index (χ1v) is 7.09. The fourth-order valence-electron chi connectivity index (χ4n) is 2.01. The smallest absolute Gasteiger partial charge is 0.0166 e. The van der Waals surface area contributed by atoms with E-state index in [9.17, 15) is 0 Å². The van der Waals surface area contributed by atoms with Gasteiger partial charge in [-0.2, -0.15) is 11.8 Å². The minimum absolute atomic E-state index is 0.661. The van der Waals surface area contributed by atoms with Crippen molar-refractivity contribution >= 4 is 11.8 Å². The molecule has 1 heterocycles. The highest BCUT2D eigenvalue weighted by molar-refractivity contribution is 7.98. The Bertz CT molecular complexity index is 152.